The molecule has 2 amide bonds. The lowest BCUT2D eigenvalue weighted by atomic mass is 10.2. The van der Waals surface area contributed by atoms with Crippen molar-refractivity contribution < 1.29 is 27.2 Å². The third kappa shape index (κ3) is 5.43. The second-order valence-electron chi connectivity index (χ2n) is 6.39. The Labute approximate surface area is 179 Å². The molecule has 10 heteroatoms. The van der Waals surface area contributed by atoms with Gasteiger partial charge in [0.15, 0.2) is 0 Å². The third-order valence-electron chi connectivity index (χ3n) is 4.24. The van der Waals surface area contributed by atoms with Crippen molar-refractivity contribution in [3.8, 4) is 5.75 Å². The van der Waals surface area contributed by atoms with E-state index in [1.165, 1.54) is 36.6 Å². The van der Waals surface area contributed by atoms with Crippen LogP contribution in [0.25, 0.3) is 0 Å². The van der Waals surface area contributed by atoms with E-state index in [0.717, 1.165) is 0 Å². The highest BCUT2D eigenvalue weighted by Crippen LogP contribution is 2.20. The molecule has 0 unspecified atom stereocenters. The van der Waals surface area contributed by atoms with Crippen LogP contribution in [-0.4, -0.2) is 26.8 Å². The number of sulfonamides is 1. The van der Waals surface area contributed by atoms with Crippen molar-refractivity contribution >= 4 is 27.5 Å². The van der Waals surface area contributed by atoms with Crippen LogP contribution in [0.15, 0.2) is 70.2 Å². The molecule has 3 N–H and O–H groups in total. The van der Waals surface area contributed by atoms with Crippen LogP contribution in [0.2, 0.25) is 0 Å². The fourth-order valence-electron chi connectivity index (χ4n) is 2.66. The summed E-state index contributed by atoms with van der Waals surface area (Å²) in [6.45, 7) is 3.99. The summed E-state index contributed by atoms with van der Waals surface area (Å²) in [4.78, 5) is 24.2. The molecule has 0 fully saturated rings. The van der Waals surface area contributed by atoms with E-state index in [4.69, 9.17) is 9.15 Å². The van der Waals surface area contributed by atoms with Gasteiger partial charge < -0.3 is 9.15 Å². The predicted octanol–water partition coefficient (Wildman–Crippen LogP) is 2.86. The summed E-state index contributed by atoms with van der Waals surface area (Å²) in [5.41, 5.74) is 5.39. The van der Waals surface area contributed by atoms with Crippen LogP contribution in [0, 0.1) is 6.92 Å². The summed E-state index contributed by atoms with van der Waals surface area (Å²) >= 11 is 0. The first kappa shape index (κ1) is 21.9. The van der Waals surface area contributed by atoms with Gasteiger partial charge in [-0.2, -0.15) is 0 Å². The van der Waals surface area contributed by atoms with Gasteiger partial charge in [0.25, 0.3) is 21.8 Å². The molecule has 162 valence electrons. The lowest BCUT2D eigenvalue weighted by Crippen LogP contribution is -2.41. The molecule has 31 heavy (non-hydrogen) atoms. The van der Waals surface area contributed by atoms with E-state index in [-0.39, 0.29) is 10.5 Å². The first-order valence-corrected chi connectivity index (χ1v) is 10.8. The highest BCUT2D eigenvalue weighted by molar-refractivity contribution is 7.92. The third-order valence-corrected chi connectivity index (χ3v) is 5.63. The molecular weight excluding hydrogens is 422 g/mol. The molecule has 3 aromatic rings. The quantitative estimate of drug-likeness (QED) is 0.482. The van der Waals surface area contributed by atoms with Gasteiger partial charge in [-0.25, -0.2) is 8.42 Å². The molecule has 0 aliphatic rings. The number of hydrazine groups is 1. The van der Waals surface area contributed by atoms with E-state index < -0.39 is 21.8 Å². The Balaban J connectivity index is 1.62. The van der Waals surface area contributed by atoms with Gasteiger partial charge in [0.2, 0.25) is 0 Å². The molecule has 0 saturated heterocycles. The van der Waals surface area contributed by atoms with E-state index in [0.29, 0.717) is 29.4 Å². The molecule has 2 aromatic carbocycles. The van der Waals surface area contributed by atoms with Crippen molar-refractivity contribution in [3.05, 3.63) is 77.7 Å². The van der Waals surface area contributed by atoms with Gasteiger partial charge in [0, 0.05) is 11.3 Å². The first-order chi connectivity index (χ1) is 14.8. The fourth-order valence-corrected chi connectivity index (χ4v) is 3.72. The number of amides is 2. The molecule has 0 spiro atoms. The number of rotatable bonds is 7. The monoisotopic (exact) mass is 443 g/mol. The highest BCUT2D eigenvalue weighted by Gasteiger charge is 2.16. The zero-order valence-electron chi connectivity index (χ0n) is 16.8. The number of benzene rings is 2. The molecule has 0 saturated carbocycles. The average molecular weight is 443 g/mol. The molecule has 1 aromatic heterocycles. The van der Waals surface area contributed by atoms with Crippen LogP contribution in [0.5, 0.6) is 5.75 Å². The molecule has 0 aliphatic heterocycles. The van der Waals surface area contributed by atoms with Crippen molar-refractivity contribution in [1.29, 1.82) is 0 Å². The van der Waals surface area contributed by atoms with Crippen LogP contribution < -0.4 is 20.3 Å². The summed E-state index contributed by atoms with van der Waals surface area (Å²) in [7, 11) is -3.84. The van der Waals surface area contributed by atoms with Crippen LogP contribution in [0.3, 0.4) is 0 Å². The molecule has 3 rings (SSSR count). The molecule has 1 heterocycles. The normalized spacial score (nSPS) is 10.9. The van der Waals surface area contributed by atoms with E-state index in [1.54, 1.807) is 31.2 Å². The number of anilines is 1. The average Bonchev–Trinajstić information content (AvgIpc) is 3.19. The number of hydrogen-bond donors (Lipinski definition) is 3. The molecule has 0 bridgehead atoms. The topological polar surface area (TPSA) is 127 Å². The van der Waals surface area contributed by atoms with Gasteiger partial charge in [-0.1, -0.05) is 0 Å². The maximum atomic E-state index is 12.6. The Hall–Kier alpha value is -3.79. The number of carbonyl (C=O) groups excluding carboxylic acids is 2. The largest absolute Gasteiger partial charge is 0.494 e. The molecule has 9 nitrogen and oxygen atoms in total. The summed E-state index contributed by atoms with van der Waals surface area (Å²) in [6, 6.07) is 13.3. The Morgan fingerprint density at radius 1 is 0.935 bits per heavy atom. The molecule has 0 atom stereocenters. The van der Waals surface area contributed by atoms with Crippen LogP contribution in [0.1, 0.15) is 33.4 Å². The summed E-state index contributed by atoms with van der Waals surface area (Å²) < 4.78 is 38.0. The van der Waals surface area contributed by atoms with Crippen LogP contribution in [0.4, 0.5) is 5.69 Å². The summed E-state index contributed by atoms with van der Waals surface area (Å²) in [5.74, 6) is -0.0755. The maximum Gasteiger partial charge on any atom is 0.273 e. The maximum absolute atomic E-state index is 12.6. The van der Waals surface area contributed by atoms with Crippen molar-refractivity contribution in [2.45, 2.75) is 18.7 Å². The molecular formula is C21H21N3O6S. The minimum atomic E-state index is -3.84. The van der Waals surface area contributed by atoms with Crippen LogP contribution >= 0.6 is 0 Å². The zero-order valence-corrected chi connectivity index (χ0v) is 17.7. The number of furan rings is 1. The fraction of sp³-hybridized carbons (Fsp3) is 0.143. The number of carbonyl (C=O) groups is 2. The van der Waals surface area contributed by atoms with Crippen molar-refractivity contribution in [3.63, 3.8) is 0 Å². The Morgan fingerprint density at radius 3 is 2.16 bits per heavy atom. The number of hydrogen-bond acceptors (Lipinski definition) is 6. The van der Waals surface area contributed by atoms with Crippen molar-refractivity contribution in [2.75, 3.05) is 11.3 Å². The lowest BCUT2D eigenvalue weighted by Gasteiger charge is -2.10. The number of ether oxygens (including phenoxy) is 1. The Bertz CT molecular complexity index is 1170. The molecule has 0 aliphatic carbocycles. The number of nitrogens with one attached hydrogen (secondary N) is 3. The van der Waals surface area contributed by atoms with Crippen molar-refractivity contribution in [1.82, 2.24) is 10.9 Å². The van der Waals surface area contributed by atoms with Gasteiger partial charge in [-0.3, -0.25) is 25.2 Å². The van der Waals surface area contributed by atoms with Gasteiger partial charge in [-0.15, -0.1) is 0 Å². The second kappa shape index (κ2) is 9.35. The second-order valence-corrected chi connectivity index (χ2v) is 8.07. The first-order valence-electron chi connectivity index (χ1n) is 9.30. The minimum Gasteiger partial charge on any atom is -0.494 e. The van der Waals surface area contributed by atoms with Crippen molar-refractivity contribution in [2.24, 2.45) is 0 Å². The van der Waals surface area contributed by atoms with E-state index in [2.05, 4.69) is 15.6 Å². The SMILES string of the molecule is CCOc1ccc(NS(=O)(=O)c2ccc(C(=O)NNC(=O)c3ccoc3C)cc2)cc1. The van der Waals surface area contributed by atoms with Crippen LogP contribution in [-0.2, 0) is 10.0 Å². The Kier molecular flexibility index (Phi) is 6.61. The van der Waals surface area contributed by atoms with Gasteiger partial charge in [0.05, 0.1) is 23.3 Å². The standard InChI is InChI=1S/C21H21N3O6S/c1-3-29-17-8-6-16(7-9-17)24-31(27,28)18-10-4-15(5-11-18)20(25)22-23-21(26)19-12-13-30-14(19)2/h4-13,24H,3H2,1-2H3,(H,22,25)(H,23,26). The van der Waals surface area contributed by atoms with E-state index >= 15 is 0 Å². The van der Waals surface area contributed by atoms with Gasteiger partial charge in [0.1, 0.15) is 11.5 Å². The van der Waals surface area contributed by atoms with E-state index in [9.17, 15) is 18.0 Å². The summed E-state index contributed by atoms with van der Waals surface area (Å²) in [6.07, 6.45) is 1.37. The lowest BCUT2D eigenvalue weighted by molar-refractivity contribution is 0.0845. The molecule has 0 radical (unpaired) electrons. The smallest absolute Gasteiger partial charge is 0.273 e. The zero-order chi connectivity index (χ0) is 22.4. The van der Waals surface area contributed by atoms with Gasteiger partial charge >= 0.3 is 0 Å². The minimum absolute atomic E-state index is 0.0176. The Morgan fingerprint density at radius 2 is 1.58 bits per heavy atom. The predicted molar refractivity (Wildman–Crippen MR) is 113 cm³/mol. The number of aryl methyl sites for hydroxylation is 1. The highest BCUT2D eigenvalue weighted by atomic mass is 32.2. The van der Waals surface area contributed by atoms with E-state index in [1.807, 2.05) is 6.92 Å². The van der Waals surface area contributed by atoms with Gasteiger partial charge in [-0.05, 0) is 68.4 Å². The summed E-state index contributed by atoms with van der Waals surface area (Å²) in [5, 5.41) is 0.